The molecule has 0 aromatic rings. The number of carbonyl (C=O) groups excluding carboxylic acids is 4. The average Bonchev–Trinajstić information content (AvgIpc) is 3.47. The molecular weight excluding hydrogens is 472 g/mol. The molecule has 0 aromatic carbocycles. The van der Waals surface area contributed by atoms with E-state index in [-0.39, 0.29) is 24.2 Å². The fraction of sp³-hybridized carbons (Fsp3) is 0.692. The summed E-state index contributed by atoms with van der Waals surface area (Å²) in [5.41, 5.74) is -5.79. The standard InChI is InChI=1S/C26H30O10/c1-22(2)13-9-14(28)25(5)17(23(13,3)7-6-15(29)35-22)12(27)10-24(4)18(11-8-16(30)33-20(11)31)34-21(32)19-26(24,25)36-19/h6-8,12-13,16-19,27,30H,9-10H2,1-5H3/t12-,13+,16+,17-,18-,19+,23-,24-,25+,26+/m0/s1. The van der Waals surface area contributed by atoms with Crippen LogP contribution in [0, 0.1) is 28.1 Å². The van der Waals surface area contributed by atoms with E-state index >= 15 is 0 Å². The molecule has 36 heavy (non-hydrogen) atoms. The summed E-state index contributed by atoms with van der Waals surface area (Å²) >= 11 is 0. The molecule has 4 heterocycles. The molecule has 0 aromatic heterocycles. The SMILES string of the molecule is CC1(C)OC(=O)C=C[C@@]2(C)[C@@H]1CC(=O)[C@]1(C)[C@H]2[C@@H](O)C[C@@]2(C)[C@H](C3=C[C@H](O)OC3=O)OC(=O)[C@H]3O[C@]321. The topological polar surface area (TPSA) is 149 Å². The highest BCUT2D eigenvalue weighted by atomic mass is 16.7. The average molecular weight is 503 g/mol. The van der Waals surface area contributed by atoms with E-state index in [9.17, 15) is 29.4 Å². The van der Waals surface area contributed by atoms with Gasteiger partial charge in [0, 0.05) is 29.7 Å². The molecule has 0 bridgehead atoms. The van der Waals surface area contributed by atoms with Crippen LogP contribution in [0.1, 0.15) is 47.5 Å². The third kappa shape index (κ3) is 2.48. The maximum Gasteiger partial charge on any atom is 0.340 e. The lowest BCUT2D eigenvalue weighted by Crippen LogP contribution is -2.75. The van der Waals surface area contributed by atoms with E-state index in [1.165, 1.54) is 12.2 Å². The van der Waals surface area contributed by atoms with Gasteiger partial charge in [-0.25, -0.2) is 14.4 Å². The van der Waals surface area contributed by atoms with E-state index < -0.39 is 81.8 Å². The zero-order chi connectivity index (χ0) is 26.2. The van der Waals surface area contributed by atoms with Crippen LogP contribution >= 0.6 is 0 Å². The van der Waals surface area contributed by atoms with Gasteiger partial charge in [0.05, 0.1) is 17.1 Å². The van der Waals surface area contributed by atoms with Crippen LogP contribution in [0.4, 0.5) is 0 Å². The van der Waals surface area contributed by atoms with E-state index in [1.54, 1.807) is 33.8 Å². The highest BCUT2D eigenvalue weighted by Crippen LogP contribution is 2.77. The van der Waals surface area contributed by atoms with Gasteiger partial charge in [-0.05, 0) is 38.7 Å². The number of cyclic esters (lactones) is 3. The first-order valence-corrected chi connectivity index (χ1v) is 12.3. The zero-order valence-corrected chi connectivity index (χ0v) is 20.8. The van der Waals surface area contributed by atoms with Crippen molar-refractivity contribution < 1.29 is 48.3 Å². The predicted octanol–water partition coefficient (Wildman–Crippen LogP) is 0.731. The monoisotopic (exact) mass is 502 g/mol. The Kier molecular flexibility index (Phi) is 4.40. The third-order valence-corrected chi connectivity index (χ3v) is 10.1. The number of aliphatic hydroxyl groups excluding tert-OH is 2. The molecule has 10 nitrogen and oxygen atoms in total. The molecule has 4 fully saturated rings. The Bertz CT molecular complexity index is 1190. The molecule has 2 N–H and O–H groups in total. The van der Waals surface area contributed by atoms with Crippen LogP contribution in [0.5, 0.6) is 0 Å². The highest BCUT2D eigenvalue weighted by molar-refractivity contribution is 5.96. The number of hydrogen-bond donors (Lipinski definition) is 2. The van der Waals surface area contributed by atoms with Crippen LogP contribution in [0.15, 0.2) is 23.8 Å². The Morgan fingerprint density at radius 1 is 0.972 bits per heavy atom. The number of rotatable bonds is 1. The van der Waals surface area contributed by atoms with Crippen molar-refractivity contribution in [2.75, 3.05) is 0 Å². The summed E-state index contributed by atoms with van der Waals surface area (Å²) in [7, 11) is 0. The smallest absolute Gasteiger partial charge is 0.340 e. The van der Waals surface area contributed by atoms with Crippen molar-refractivity contribution in [1.29, 1.82) is 0 Å². The fourth-order valence-electron chi connectivity index (χ4n) is 8.83. The first kappa shape index (κ1) is 23.8. The Balaban J connectivity index is 1.55. The molecule has 0 amide bonds. The Labute approximate surface area is 207 Å². The summed E-state index contributed by atoms with van der Waals surface area (Å²) < 4.78 is 22.4. The number of epoxide rings is 1. The third-order valence-electron chi connectivity index (χ3n) is 10.1. The Morgan fingerprint density at radius 2 is 1.67 bits per heavy atom. The number of ketones is 1. The van der Waals surface area contributed by atoms with Gasteiger partial charge < -0.3 is 29.2 Å². The van der Waals surface area contributed by atoms with Crippen LogP contribution in [-0.2, 0) is 38.1 Å². The molecule has 10 heteroatoms. The van der Waals surface area contributed by atoms with Crippen molar-refractivity contribution in [2.45, 2.75) is 83.3 Å². The molecule has 0 unspecified atom stereocenters. The van der Waals surface area contributed by atoms with Gasteiger partial charge in [-0.15, -0.1) is 0 Å². The van der Waals surface area contributed by atoms with E-state index in [0.717, 1.165) is 0 Å². The second-order valence-corrected chi connectivity index (χ2v) is 12.2. The van der Waals surface area contributed by atoms with Gasteiger partial charge in [0.2, 0.25) is 6.29 Å². The summed E-state index contributed by atoms with van der Waals surface area (Å²) in [5.74, 6) is -3.42. The lowest BCUT2D eigenvalue weighted by molar-refractivity contribution is -0.234. The van der Waals surface area contributed by atoms with Gasteiger partial charge >= 0.3 is 17.9 Å². The number of Topliss-reactive ketones (excluding diaryl/α,β-unsaturated/α-hetero) is 1. The van der Waals surface area contributed by atoms with Crippen molar-refractivity contribution in [3.63, 3.8) is 0 Å². The first-order valence-electron chi connectivity index (χ1n) is 12.3. The minimum absolute atomic E-state index is 0.0391. The second-order valence-electron chi connectivity index (χ2n) is 12.2. The van der Waals surface area contributed by atoms with Crippen LogP contribution < -0.4 is 0 Å². The fourth-order valence-corrected chi connectivity index (χ4v) is 8.83. The van der Waals surface area contributed by atoms with Crippen molar-refractivity contribution >= 4 is 23.7 Å². The van der Waals surface area contributed by atoms with E-state index in [2.05, 4.69) is 0 Å². The van der Waals surface area contributed by atoms with Crippen molar-refractivity contribution in [3.05, 3.63) is 23.8 Å². The summed E-state index contributed by atoms with van der Waals surface area (Å²) in [4.78, 5) is 52.3. The number of aliphatic hydroxyl groups is 2. The predicted molar refractivity (Wildman–Crippen MR) is 119 cm³/mol. The first-order chi connectivity index (χ1) is 16.6. The molecule has 6 rings (SSSR count). The van der Waals surface area contributed by atoms with E-state index in [4.69, 9.17) is 18.9 Å². The van der Waals surface area contributed by atoms with Crippen LogP contribution in [0.25, 0.3) is 0 Å². The van der Waals surface area contributed by atoms with Crippen molar-refractivity contribution in [3.8, 4) is 0 Å². The quantitative estimate of drug-likeness (QED) is 0.299. The molecule has 1 spiro atoms. The molecule has 6 aliphatic rings. The van der Waals surface area contributed by atoms with Crippen LogP contribution in [0.2, 0.25) is 0 Å². The zero-order valence-electron chi connectivity index (χ0n) is 20.8. The van der Waals surface area contributed by atoms with Crippen LogP contribution in [0.3, 0.4) is 0 Å². The number of allylic oxidation sites excluding steroid dienone is 1. The van der Waals surface area contributed by atoms with E-state index in [0.29, 0.717) is 0 Å². The number of carbonyl (C=O) groups is 4. The highest BCUT2D eigenvalue weighted by Gasteiger charge is 2.89. The molecule has 2 saturated carbocycles. The maximum absolute atomic E-state index is 14.2. The number of esters is 3. The van der Waals surface area contributed by atoms with Gasteiger partial charge in [-0.2, -0.15) is 0 Å². The molecule has 2 saturated heterocycles. The Morgan fingerprint density at radius 3 is 2.31 bits per heavy atom. The van der Waals surface area contributed by atoms with Gasteiger partial charge in [0.1, 0.15) is 23.1 Å². The Hall–Kier alpha value is -2.56. The lowest BCUT2D eigenvalue weighted by atomic mass is 9.37. The largest absolute Gasteiger partial charge is 0.456 e. The summed E-state index contributed by atoms with van der Waals surface area (Å²) in [6.45, 7) is 8.92. The normalized spacial score (nSPS) is 52.5. The number of fused-ring (bicyclic) bond motifs is 3. The van der Waals surface area contributed by atoms with Crippen LogP contribution in [-0.4, -0.2) is 69.7 Å². The summed E-state index contributed by atoms with van der Waals surface area (Å²) in [6, 6.07) is 0. The van der Waals surface area contributed by atoms with Gasteiger partial charge in [0.15, 0.2) is 6.10 Å². The molecule has 4 aliphatic heterocycles. The molecular formula is C26H30O10. The number of ether oxygens (including phenoxy) is 4. The second kappa shape index (κ2) is 6.65. The number of hydrogen-bond acceptors (Lipinski definition) is 10. The van der Waals surface area contributed by atoms with Gasteiger partial charge in [0.25, 0.3) is 0 Å². The molecule has 2 aliphatic carbocycles. The van der Waals surface area contributed by atoms with Crippen molar-refractivity contribution in [2.24, 2.45) is 28.1 Å². The maximum atomic E-state index is 14.2. The van der Waals surface area contributed by atoms with Gasteiger partial charge in [-0.3, -0.25) is 4.79 Å². The van der Waals surface area contributed by atoms with Gasteiger partial charge in [-0.1, -0.05) is 19.9 Å². The molecule has 10 atom stereocenters. The lowest BCUT2D eigenvalue weighted by Gasteiger charge is -2.66. The minimum Gasteiger partial charge on any atom is -0.456 e. The summed E-state index contributed by atoms with van der Waals surface area (Å²) in [6.07, 6.45) is -0.455. The minimum atomic E-state index is -1.48. The van der Waals surface area contributed by atoms with Crippen molar-refractivity contribution in [1.82, 2.24) is 0 Å². The summed E-state index contributed by atoms with van der Waals surface area (Å²) in [5, 5.41) is 21.7. The van der Waals surface area contributed by atoms with E-state index in [1.807, 2.05) is 6.92 Å². The molecule has 194 valence electrons. The molecule has 0 radical (unpaired) electrons.